The predicted molar refractivity (Wildman–Crippen MR) is 96.7 cm³/mol. The SMILES string of the molecule is CCOC(=O)N1CCN(C(=O)c2cncc(NCCC(C)C)c2)CC1. The molecule has 1 saturated heterocycles. The summed E-state index contributed by atoms with van der Waals surface area (Å²) in [4.78, 5) is 31.9. The van der Waals surface area contributed by atoms with Gasteiger partial charge in [0, 0.05) is 45.1 Å². The highest BCUT2D eigenvalue weighted by atomic mass is 16.6. The average molecular weight is 348 g/mol. The highest BCUT2D eigenvalue weighted by Crippen LogP contribution is 2.13. The summed E-state index contributed by atoms with van der Waals surface area (Å²) in [5.74, 6) is 0.574. The number of piperazine rings is 1. The third kappa shape index (κ3) is 5.62. The van der Waals surface area contributed by atoms with E-state index in [1.54, 1.807) is 29.1 Å². The number of carbonyl (C=O) groups is 2. The lowest BCUT2D eigenvalue weighted by Crippen LogP contribution is -2.50. The van der Waals surface area contributed by atoms with Crippen molar-refractivity contribution in [2.45, 2.75) is 27.2 Å². The summed E-state index contributed by atoms with van der Waals surface area (Å²) >= 11 is 0. The standard InChI is InChI=1S/C18H28N4O3/c1-4-25-18(24)22-9-7-21(8-10-22)17(23)15-11-16(13-19-12-15)20-6-5-14(2)3/h11-14,20H,4-10H2,1-3H3. The van der Waals surface area contributed by atoms with Gasteiger partial charge in [0.25, 0.3) is 5.91 Å². The number of rotatable bonds is 6. The molecule has 0 saturated carbocycles. The fourth-order valence-corrected chi connectivity index (χ4v) is 2.65. The van der Waals surface area contributed by atoms with E-state index in [0.29, 0.717) is 44.3 Å². The quantitative estimate of drug-likeness (QED) is 0.855. The molecule has 0 aliphatic carbocycles. The van der Waals surface area contributed by atoms with E-state index in [0.717, 1.165) is 18.7 Å². The molecule has 0 unspecified atom stereocenters. The van der Waals surface area contributed by atoms with Crippen molar-refractivity contribution >= 4 is 17.7 Å². The first-order chi connectivity index (χ1) is 12.0. The Morgan fingerprint density at radius 3 is 2.52 bits per heavy atom. The molecule has 1 aliphatic heterocycles. The molecule has 1 aromatic heterocycles. The number of amides is 2. The van der Waals surface area contributed by atoms with Gasteiger partial charge in [-0.2, -0.15) is 0 Å². The molecule has 1 aliphatic rings. The number of pyridine rings is 1. The van der Waals surface area contributed by atoms with E-state index in [1.165, 1.54) is 0 Å². The molecule has 2 heterocycles. The van der Waals surface area contributed by atoms with Crippen LogP contribution in [0.15, 0.2) is 18.5 Å². The van der Waals surface area contributed by atoms with Crippen LogP contribution >= 0.6 is 0 Å². The molecule has 1 N–H and O–H groups in total. The second kappa shape index (κ2) is 9.25. The van der Waals surface area contributed by atoms with E-state index in [2.05, 4.69) is 24.1 Å². The van der Waals surface area contributed by atoms with Gasteiger partial charge < -0.3 is 19.9 Å². The summed E-state index contributed by atoms with van der Waals surface area (Å²) < 4.78 is 5.00. The van der Waals surface area contributed by atoms with Crippen molar-refractivity contribution in [1.82, 2.24) is 14.8 Å². The molecule has 2 rings (SSSR count). The molecule has 0 radical (unpaired) electrons. The Kier molecular flexibility index (Phi) is 7.03. The zero-order valence-electron chi connectivity index (χ0n) is 15.3. The van der Waals surface area contributed by atoms with Crippen molar-refractivity contribution in [3.8, 4) is 0 Å². The van der Waals surface area contributed by atoms with Crippen molar-refractivity contribution < 1.29 is 14.3 Å². The minimum absolute atomic E-state index is 0.0523. The summed E-state index contributed by atoms with van der Waals surface area (Å²) in [7, 11) is 0. The fraction of sp³-hybridized carbons (Fsp3) is 0.611. The summed E-state index contributed by atoms with van der Waals surface area (Å²) in [6, 6.07) is 1.84. The molecule has 25 heavy (non-hydrogen) atoms. The Bertz CT molecular complexity index is 583. The van der Waals surface area contributed by atoms with Crippen LogP contribution in [0.5, 0.6) is 0 Å². The number of hydrogen-bond donors (Lipinski definition) is 1. The van der Waals surface area contributed by atoms with Crippen LogP contribution in [0.4, 0.5) is 10.5 Å². The van der Waals surface area contributed by atoms with Gasteiger partial charge in [-0.05, 0) is 25.3 Å². The van der Waals surface area contributed by atoms with Gasteiger partial charge in [-0.15, -0.1) is 0 Å². The molecule has 0 aromatic carbocycles. The minimum atomic E-state index is -0.312. The van der Waals surface area contributed by atoms with Gasteiger partial charge in [0.15, 0.2) is 0 Å². The van der Waals surface area contributed by atoms with Gasteiger partial charge in [0.1, 0.15) is 0 Å². The Labute approximate surface area is 149 Å². The molecule has 2 amide bonds. The van der Waals surface area contributed by atoms with Crippen LogP contribution in [0.25, 0.3) is 0 Å². The maximum absolute atomic E-state index is 12.7. The van der Waals surface area contributed by atoms with E-state index >= 15 is 0 Å². The number of hydrogen-bond acceptors (Lipinski definition) is 5. The molecular formula is C18H28N4O3. The van der Waals surface area contributed by atoms with Gasteiger partial charge in [0.05, 0.1) is 17.9 Å². The first kappa shape index (κ1) is 19.0. The lowest BCUT2D eigenvalue weighted by Gasteiger charge is -2.34. The lowest BCUT2D eigenvalue weighted by atomic mass is 10.1. The van der Waals surface area contributed by atoms with Crippen molar-refractivity contribution in [2.75, 3.05) is 44.6 Å². The molecule has 138 valence electrons. The topological polar surface area (TPSA) is 74.8 Å². The van der Waals surface area contributed by atoms with Crippen molar-refractivity contribution in [2.24, 2.45) is 5.92 Å². The van der Waals surface area contributed by atoms with Crippen molar-refractivity contribution in [3.05, 3.63) is 24.0 Å². The highest BCUT2D eigenvalue weighted by Gasteiger charge is 2.25. The molecule has 0 spiro atoms. The van der Waals surface area contributed by atoms with E-state index in [9.17, 15) is 9.59 Å². The number of carbonyl (C=O) groups excluding carboxylic acids is 2. The van der Waals surface area contributed by atoms with E-state index in [1.807, 2.05) is 6.07 Å². The summed E-state index contributed by atoms with van der Waals surface area (Å²) in [6.45, 7) is 9.34. The zero-order valence-corrected chi connectivity index (χ0v) is 15.3. The van der Waals surface area contributed by atoms with Crippen molar-refractivity contribution in [3.63, 3.8) is 0 Å². The number of nitrogens with one attached hydrogen (secondary N) is 1. The lowest BCUT2D eigenvalue weighted by molar-refractivity contribution is 0.0570. The van der Waals surface area contributed by atoms with Crippen LogP contribution in [-0.2, 0) is 4.74 Å². The first-order valence-corrected chi connectivity index (χ1v) is 8.91. The van der Waals surface area contributed by atoms with Crippen LogP contribution in [-0.4, -0.2) is 66.1 Å². The van der Waals surface area contributed by atoms with Crippen LogP contribution < -0.4 is 5.32 Å². The Morgan fingerprint density at radius 2 is 1.88 bits per heavy atom. The van der Waals surface area contributed by atoms with Gasteiger partial charge in [-0.1, -0.05) is 13.8 Å². The summed E-state index contributed by atoms with van der Waals surface area (Å²) in [5.41, 5.74) is 1.43. The zero-order chi connectivity index (χ0) is 18.2. The third-order valence-corrected chi connectivity index (χ3v) is 4.13. The van der Waals surface area contributed by atoms with E-state index in [-0.39, 0.29) is 12.0 Å². The second-order valence-electron chi connectivity index (χ2n) is 6.55. The number of ether oxygens (including phenoxy) is 1. The minimum Gasteiger partial charge on any atom is -0.450 e. The fourth-order valence-electron chi connectivity index (χ4n) is 2.65. The van der Waals surface area contributed by atoms with Gasteiger partial charge in [-0.3, -0.25) is 9.78 Å². The van der Waals surface area contributed by atoms with Crippen LogP contribution in [0.3, 0.4) is 0 Å². The van der Waals surface area contributed by atoms with Gasteiger partial charge in [-0.25, -0.2) is 4.79 Å². The van der Waals surface area contributed by atoms with Gasteiger partial charge >= 0.3 is 6.09 Å². The number of aromatic nitrogens is 1. The number of anilines is 1. The Balaban J connectivity index is 1.89. The largest absolute Gasteiger partial charge is 0.450 e. The molecule has 7 nitrogen and oxygen atoms in total. The first-order valence-electron chi connectivity index (χ1n) is 8.91. The number of nitrogens with zero attached hydrogens (tertiary/aromatic N) is 3. The smallest absolute Gasteiger partial charge is 0.409 e. The van der Waals surface area contributed by atoms with E-state index in [4.69, 9.17) is 4.74 Å². The summed E-state index contributed by atoms with van der Waals surface area (Å²) in [6.07, 6.45) is 4.07. The highest BCUT2D eigenvalue weighted by molar-refractivity contribution is 5.94. The third-order valence-electron chi connectivity index (χ3n) is 4.13. The summed E-state index contributed by atoms with van der Waals surface area (Å²) in [5, 5.41) is 3.31. The second-order valence-corrected chi connectivity index (χ2v) is 6.55. The molecule has 0 bridgehead atoms. The van der Waals surface area contributed by atoms with Crippen molar-refractivity contribution in [1.29, 1.82) is 0 Å². The predicted octanol–water partition coefficient (Wildman–Crippen LogP) is 2.45. The monoisotopic (exact) mass is 348 g/mol. The molecule has 1 aromatic rings. The van der Waals surface area contributed by atoms with Crippen LogP contribution in [0.2, 0.25) is 0 Å². The molecule has 1 fully saturated rings. The Hall–Kier alpha value is -2.31. The maximum atomic E-state index is 12.7. The van der Waals surface area contributed by atoms with Gasteiger partial charge in [0.2, 0.25) is 0 Å². The normalized spacial score (nSPS) is 14.6. The Morgan fingerprint density at radius 1 is 1.20 bits per heavy atom. The molecular weight excluding hydrogens is 320 g/mol. The maximum Gasteiger partial charge on any atom is 0.409 e. The van der Waals surface area contributed by atoms with Crippen LogP contribution in [0.1, 0.15) is 37.6 Å². The van der Waals surface area contributed by atoms with Crippen LogP contribution in [0, 0.1) is 5.92 Å². The average Bonchev–Trinajstić information content (AvgIpc) is 2.61. The molecule has 7 heteroatoms. The molecule has 0 atom stereocenters. The van der Waals surface area contributed by atoms with E-state index < -0.39 is 0 Å².